The maximum Gasteiger partial charge on any atom is 0.329 e. The molecule has 1 saturated heterocycles. The third-order valence-electron chi connectivity index (χ3n) is 2.93. The van der Waals surface area contributed by atoms with E-state index < -0.39 is 5.97 Å². The lowest BCUT2D eigenvalue weighted by Crippen LogP contribution is -2.51. The highest BCUT2D eigenvalue weighted by Gasteiger charge is 2.29. The van der Waals surface area contributed by atoms with E-state index in [9.17, 15) is 9.59 Å². The second-order valence-corrected chi connectivity index (χ2v) is 4.40. The fourth-order valence-corrected chi connectivity index (χ4v) is 1.97. The highest BCUT2D eigenvalue weighted by atomic mass is 16.5. The molecule has 2 heterocycles. The van der Waals surface area contributed by atoms with Crippen LogP contribution < -0.4 is 5.32 Å². The van der Waals surface area contributed by atoms with Gasteiger partial charge in [-0.25, -0.2) is 4.79 Å². The number of carbonyl (C=O) groups excluding carboxylic acids is 1. The Morgan fingerprint density at radius 1 is 1.50 bits per heavy atom. The van der Waals surface area contributed by atoms with E-state index in [1.54, 1.807) is 18.2 Å². The van der Waals surface area contributed by atoms with E-state index in [1.165, 1.54) is 6.20 Å². The minimum Gasteiger partial charge on any atom is -0.480 e. The summed E-state index contributed by atoms with van der Waals surface area (Å²) in [5.74, 6) is -1.36. The van der Waals surface area contributed by atoms with Crippen LogP contribution in [0.2, 0.25) is 0 Å². The van der Waals surface area contributed by atoms with Crippen LogP contribution in [-0.4, -0.2) is 53.9 Å². The Labute approximate surface area is 115 Å². The monoisotopic (exact) mass is 280 g/mol. The summed E-state index contributed by atoms with van der Waals surface area (Å²) in [6.07, 6.45) is 1.71. The van der Waals surface area contributed by atoms with Gasteiger partial charge in [-0.3, -0.25) is 9.78 Å². The van der Waals surface area contributed by atoms with Gasteiger partial charge in [-0.1, -0.05) is 6.07 Å². The molecule has 7 nitrogen and oxygen atoms in total. The summed E-state index contributed by atoms with van der Waals surface area (Å²) in [6, 6.07) is 4.67. The van der Waals surface area contributed by atoms with Crippen LogP contribution in [-0.2, 0) is 14.3 Å². The lowest BCUT2D eigenvalue weighted by molar-refractivity contribution is -0.147. The van der Waals surface area contributed by atoms with Gasteiger partial charge < -0.3 is 19.9 Å². The van der Waals surface area contributed by atoms with Crippen LogP contribution in [0.1, 0.15) is 16.9 Å². The Balaban J connectivity index is 1.94. The van der Waals surface area contributed by atoms with Gasteiger partial charge in [0, 0.05) is 12.8 Å². The number of rotatable bonds is 5. The van der Waals surface area contributed by atoms with Crippen molar-refractivity contribution in [3.8, 4) is 0 Å². The molecule has 0 aromatic carbocycles. The molecule has 2 atom stereocenters. The second kappa shape index (κ2) is 6.97. The van der Waals surface area contributed by atoms with Gasteiger partial charge in [0.2, 0.25) is 0 Å². The molecule has 2 N–H and O–H groups in total. The number of amides is 1. The Bertz CT molecular complexity index is 465. The number of hydrogen-bond donors (Lipinski definition) is 2. The molecular formula is C13H16N2O5. The van der Waals surface area contributed by atoms with Crippen molar-refractivity contribution in [1.29, 1.82) is 0 Å². The van der Waals surface area contributed by atoms with Crippen LogP contribution in [0.25, 0.3) is 0 Å². The van der Waals surface area contributed by atoms with Crippen molar-refractivity contribution in [3.05, 3.63) is 30.1 Å². The van der Waals surface area contributed by atoms with Crippen molar-refractivity contribution in [2.45, 2.75) is 18.6 Å². The van der Waals surface area contributed by atoms with E-state index in [-0.39, 0.29) is 24.7 Å². The smallest absolute Gasteiger partial charge is 0.329 e. The van der Waals surface area contributed by atoms with Crippen LogP contribution in [0.5, 0.6) is 0 Å². The fourth-order valence-electron chi connectivity index (χ4n) is 1.97. The molecule has 0 radical (unpaired) electrons. The highest BCUT2D eigenvalue weighted by Crippen LogP contribution is 2.12. The first-order valence-electron chi connectivity index (χ1n) is 6.30. The Morgan fingerprint density at radius 3 is 3.05 bits per heavy atom. The van der Waals surface area contributed by atoms with Gasteiger partial charge in [0.25, 0.3) is 5.91 Å². The molecule has 0 saturated carbocycles. The first kappa shape index (κ1) is 14.4. The van der Waals surface area contributed by atoms with E-state index >= 15 is 0 Å². The van der Waals surface area contributed by atoms with Gasteiger partial charge in [0.1, 0.15) is 12.3 Å². The van der Waals surface area contributed by atoms with Crippen molar-refractivity contribution >= 4 is 11.9 Å². The maximum atomic E-state index is 12.0. The summed E-state index contributed by atoms with van der Waals surface area (Å²) in [6.45, 7) is 0.393. The molecule has 1 aliphatic heterocycles. The number of hydrogen-bond acceptors (Lipinski definition) is 5. The molecule has 108 valence electrons. The van der Waals surface area contributed by atoms with Crippen LogP contribution in [0, 0.1) is 0 Å². The number of aromatic nitrogens is 1. The van der Waals surface area contributed by atoms with E-state index in [1.807, 2.05) is 0 Å². The molecule has 1 aliphatic rings. The number of nitrogens with one attached hydrogen (secondary N) is 1. The van der Waals surface area contributed by atoms with Crippen molar-refractivity contribution in [2.24, 2.45) is 0 Å². The molecule has 1 fully saturated rings. The van der Waals surface area contributed by atoms with E-state index in [0.29, 0.717) is 25.3 Å². The van der Waals surface area contributed by atoms with Crippen LogP contribution in [0.15, 0.2) is 24.4 Å². The summed E-state index contributed by atoms with van der Waals surface area (Å²) in [4.78, 5) is 26.5. The molecule has 1 aromatic rings. The summed E-state index contributed by atoms with van der Waals surface area (Å²) >= 11 is 0. The van der Waals surface area contributed by atoms with Crippen molar-refractivity contribution in [2.75, 3.05) is 19.8 Å². The van der Waals surface area contributed by atoms with Gasteiger partial charge in [-0.15, -0.1) is 0 Å². The van der Waals surface area contributed by atoms with Gasteiger partial charge >= 0.3 is 5.97 Å². The van der Waals surface area contributed by atoms with Crippen LogP contribution in [0.4, 0.5) is 0 Å². The van der Waals surface area contributed by atoms with Gasteiger partial charge in [0.15, 0.2) is 0 Å². The Kier molecular flexibility index (Phi) is 5.03. The first-order chi connectivity index (χ1) is 9.66. The van der Waals surface area contributed by atoms with E-state index in [0.717, 1.165) is 0 Å². The number of pyridine rings is 1. The van der Waals surface area contributed by atoms with Gasteiger partial charge in [-0.05, 0) is 18.6 Å². The first-order valence-corrected chi connectivity index (χ1v) is 6.30. The number of carboxylic acids is 1. The molecular weight excluding hydrogens is 264 g/mol. The molecule has 0 unspecified atom stereocenters. The lowest BCUT2D eigenvalue weighted by Gasteiger charge is -2.31. The molecule has 2 rings (SSSR count). The van der Waals surface area contributed by atoms with Crippen molar-refractivity contribution in [3.63, 3.8) is 0 Å². The average molecular weight is 280 g/mol. The minimum absolute atomic E-state index is 0.295. The molecule has 0 spiro atoms. The largest absolute Gasteiger partial charge is 0.480 e. The topological polar surface area (TPSA) is 97.8 Å². The molecule has 0 aliphatic carbocycles. The number of aliphatic carboxylic acids is 1. The zero-order valence-corrected chi connectivity index (χ0v) is 10.8. The number of nitrogens with zero attached hydrogens (tertiary/aromatic N) is 1. The molecule has 0 bridgehead atoms. The third kappa shape index (κ3) is 4.01. The quantitative estimate of drug-likeness (QED) is 0.792. The lowest BCUT2D eigenvalue weighted by atomic mass is 10.1. The Hall–Kier alpha value is -1.99. The predicted octanol–water partition coefficient (Wildman–Crippen LogP) is 0.0701. The predicted molar refractivity (Wildman–Crippen MR) is 68.3 cm³/mol. The third-order valence-corrected chi connectivity index (χ3v) is 2.93. The zero-order valence-electron chi connectivity index (χ0n) is 10.8. The molecule has 20 heavy (non-hydrogen) atoms. The minimum atomic E-state index is -1.04. The zero-order chi connectivity index (χ0) is 14.4. The summed E-state index contributed by atoms with van der Waals surface area (Å²) < 4.78 is 10.6. The molecule has 1 aromatic heterocycles. The van der Waals surface area contributed by atoms with Crippen molar-refractivity contribution < 1.29 is 24.2 Å². The van der Waals surface area contributed by atoms with Gasteiger partial charge in [0.05, 0.1) is 18.8 Å². The summed E-state index contributed by atoms with van der Waals surface area (Å²) in [5, 5.41) is 11.4. The van der Waals surface area contributed by atoms with Gasteiger partial charge in [-0.2, -0.15) is 0 Å². The van der Waals surface area contributed by atoms with E-state index in [4.69, 9.17) is 14.6 Å². The summed E-state index contributed by atoms with van der Waals surface area (Å²) in [7, 11) is 0. The second-order valence-electron chi connectivity index (χ2n) is 4.40. The number of ether oxygens (including phenoxy) is 2. The number of carbonyl (C=O) groups is 2. The van der Waals surface area contributed by atoms with Crippen molar-refractivity contribution in [1.82, 2.24) is 10.3 Å². The highest BCUT2D eigenvalue weighted by molar-refractivity contribution is 5.92. The van der Waals surface area contributed by atoms with Crippen LogP contribution in [0.3, 0.4) is 0 Å². The summed E-state index contributed by atoms with van der Waals surface area (Å²) in [5.41, 5.74) is 0.301. The van der Waals surface area contributed by atoms with Crippen LogP contribution >= 0.6 is 0 Å². The average Bonchev–Trinajstić information content (AvgIpc) is 2.47. The van der Waals surface area contributed by atoms with E-state index in [2.05, 4.69) is 10.3 Å². The standard InChI is InChI=1S/C13H16N2O5/c16-12(17)8-20-11-4-6-19-7-10(11)15-13(18)9-3-1-2-5-14-9/h1-3,5,10-11H,4,6-8H2,(H,15,18)(H,16,17)/t10-,11+/m1/s1. The SMILES string of the molecule is O=C(O)CO[C@H]1CCOC[C@H]1NC(=O)c1ccccn1. The molecule has 7 heteroatoms. The number of carboxylic acid groups (broad SMARTS) is 1. The Morgan fingerprint density at radius 2 is 2.35 bits per heavy atom. The normalized spacial score (nSPS) is 22.2. The fraction of sp³-hybridized carbons (Fsp3) is 0.462. The molecule has 1 amide bonds. The maximum absolute atomic E-state index is 12.0.